The number of hydrogen-bond donors (Lipinski definition) is 2. The van der Waals surface area contributed by atoms with Crippen molar-refractivity contribution in [1.29, 1.82) is 0 Å². The van der Waals surface area contributed by atoms with Crippen molar-refractivity contribution in [2.75, 3.05) is 12.8 Å². The molecule has 3 N–H and O–H groups in total. The highest BCUT2D eigenvalue weighted by molar-refractivity contribution is 5.91. The van der Waals surface area contributed by atoms with Crippen LogP contribution in [0.3, 0.4) is 0 Å². The van der Waals surface area contributed by atoms with Crippen molar-refractivity contribution in [2.45, 2.75) is 13.2 Å². The Balaban J connectivity index is 1.99. The van der Waals surface area contributed by atoms with Gasteiger partial charge in [0.1, 0.15) is 12.4 Å². The third-order valence-corrected chi connectivity index (χ3v) is 3.04. The van der Waals surface area contributed by atoms with Gasteiger partial charge in [-0.1, -0.05) is 24.3 Å². The number of ether oxygens (including phenoxy) is 2. The molecule has 0 spiro atoms. The number of nitrogen functional groups attached to an aromatic ring is 1. The van der Waals surface area contributed by atoms with Gasteiger partial charge in [0.25, 0.3) is 0 Å². The summed E-state index contributed by atoms with van der Waals surface area (Å²) in [7, 11) is 1.51. The minimum Gasteiger partial charge on any atom is -0.495 e. The molecule has 0 aromatic heterocycles. The topological polar surface area (TPSA) is 81.8 Å². The normalized spacial score (nSPS) is 10.2. The zero-order valence-electron chi connectivity index (χ0n) is 11.7. The van der Waals surface area contributed by atoms with Crippen molar-refractivity contribution in [3.63, 3.8) is 0 Å². The van der Waals surface area contributed by atoms with Crippen molar-refractivity contribution in [2.24, 2.45) is 0 Å². The Kier molecular flexibility index (Phi) is 4.79. The first kappa shape index (κ1) is 14.9. The summed E-state index contributed by atoms with van der Waals surface area (Å²) in [6.45, 7) is 0.154. The number of aliphatic hydroxyl groups excluding tert-OH is 1. The molecule has 0 saturated carbocycles. The average molecular weight is 287 g/mol. The van der Waals surface area contributed by atoms with Gasteiger partial charge in [0, 0.05) is 0 Å². The first-order valence-corrected chi connectivity index (χ1v) is 6.43. The highest BCUT2D eigenvalue weighted by Gasteiger charge is 2.10. The summed E-state index contributed by atoms with van der Waals surface area (Å²) in [5.41, 5.74) is 8.18. The fourth-order valence-corrected chi connectivity index (χ4v) is 1.83. The van der Waals surface area contributed by atoms with Crippen LogP contribution >= 0.6 is 0 Å². The molecule has 0 bridgehead atoms. The molecule has 0 fully saturated rings. The molecule has 5 heteroatoms. The molecule has 110 valence electrons. The maximum atomic E-state index is 11.9. The van der Waals surface area contributed by atoms with E-state index in [0.717, 1.165) is 11.1 Å². The smallest absolute Gasteiger partial charge is 0.338 e. The molecule has 2 aromatic carbocycles. The number of carbonyl (C=O) groups is 1. The molecule has 0 aliphatic rings. The quantitative estimate of drug-likeness (QED) is 0.650. The highest BCUT2D eigenvalue weighted by Crippen LogP contribution is 2.22. The fraction of sp³-hybridized carbons (Fsp3) is 0.188. The van der Waals surface area contributed by atoms with E-state index in [2.05, 4.69) is 0 Å². The number of esters is 1. The number of aliphatic hydroxyl groups is 1. The molecule has 21 heavy (non-hydrogen) atoms. The Labute approximate surface area is 122 Å². The van der Waals surface area contributed by atoms with Gasteiger partial charge in [0.2, 0.25) is 0 Å². The van der Waals surface area contributed by atoms with Crippen LogP contribution in [0.5, 0.6) is 5.75 Å². The van der Waals surface area contributed by atoms with Gasteiger partial charge in [0.15, 0.2) is 0 Å². The van der Waals surface area contributed by atoms with E-state index in [1.165, 1.54) is 13.2 Å². The summed E-state index contributed by atoms with van der Waals surface area (Å²) in [6, 6.07) is 11.9. The first-order chi connectivity index (χ1) is 10.1. The van der Waals surface area contributed by atoms with Crippen LogP contribution in [0.2, 0.25) is 0 Å². The number of carbonyl (C=O) groups excluding carboxylic acids is 1. The van der Waals surface area contributed by atoms with E-state index in [1.807, 2.05) is 0 Å². The number of methoxy groups -OCH3 is 1. The SMILES string of the molecule is COc1ccc(C(=O)OCc2ccc(CO)cc2)cc1N. The molecule has 0 heterocycles. The number of benzene rings is 2. The molecule has 0 radical (unpaired) electrons. The van der Waals surface area contributed by atoms with Gasteiger partial charge in [-0.3, -0.25) is 0 Å². The Hall–Kier alpha value is -2.53. The minimum absolute atomic E-state index is 0.00874. The molecule has 0 unspecified atom stereocenters. The van der Waals surface area contributed by atoms with Gasteiger partial charge in [-0.2, -0.15) is 0 Å². The number of hydrogen-bond acceptors (Lipinski definition) is 5. The summed E-state index contributed by atoms with van der Waals surface area (Å²) in [6.07, 6.45) is 0. The highest BCUT2D eigenvalue weighted by atomic mass is 16.5. The van der Waals surface area contributed by atoms with Crippen LogP contribution in [0.25, 0.3) is 0 Å². The molecule has 0 amide bonds. The number of rotatable bonds is 5. The lowest BCUT2D eigenvalue weighted by Crippen LogP contribution is -2.06. The average Bonchev–Trinajstić information content (AvgIpc) is 2.53. The summed E-state index contributed by atoms with van der Waals surface area (Å²) in [5.74, 6) is 0.0710. The fourth-order valence-electron chi connectivity index (χ4n) is 1.83. The number of nitrogens with two attached hydrogens (primary N) is 1. The lowest BCUT2D eigenvalue weighted by molar-refractivity contribution is 0.0472. The lowest BCUT2D eigenvalue weighted by atomic mass is 10.1. The second-order valence-electron chi connectivity index (χ2n) is 4.51. The molecular formula is C16H17NO4. The molecule has 2 rings (SSSR count). The van der Waals surface area contributed by atoms with Crippen molar-refractivity contribution < 1.29 is 19.4 Å². The van der Waals surface area contributed by atoms with Crippen molar-refractivity contribution in [3.8, 4) is 5.75 Å². The van der Waals surface area contributed by atoms with Gasteiger partial charge in [-0.05, 0) is 29.3 Å². The molecule has 2 aromatic rings. The predicted octanol–water partition coefficient (Wildman–Crippen LogP) is 2.13. The summed E-state index contributed by atoms with van der Waals surface area (Å²) in [4.78, 5) is 11.9. The lowest BCUT2D eigenvalue weighted by Gasteiger charge is -2.08. The molecule has 5 nitrogen and oxygen atoms in total. The molecule has 0 saturated heterocycles. The standard InChI is InChI=1S/C16H17NO4/c1-20-15-7-6-13(8-14(15)17)16(19)21-10-12-4-2-11(9-18)3-5-12/h2-8,18H,9-10,17H2,1H3. The maximum Gasteiger partial charge on any atom is 0.338 e. The van der Waals surface area contributed by atoms with Crippen LogP contribution < -0.4 is 10.5 Å². The minimum atomic E-state index is -0.449. The zero-order valence-corrected chi connectivity index (χ0v) is 11.7. The predicted molar refractivity (Wildman–Crippen MR) is 78.9 cm³/mol. The largest absolute Gasteiger partial charge is 0.495 e. The van der Waals surface area contributed by atoms with Crippen LogP contribution in [0.1, 0.15) is 21.5 Å². The van der Waals surface area contributed by atoms with Crippen molar-refractivity contribution in [1.82, 2.24) is 0 Å². The van der Waals surface area contributed by atoms with Crippen LogP contribution in [0.4, 0.5) is 5.69 Å². The van der Waals surface area contributed by atoms with E-state index < -0.39 is 5.97 Å². The van der Waals surface area contributed by atoms with E-state index in [-0.39, 0.29) is 13.2 Å². The molecule has 0 aliphatic heterocycles. The van der Waals surface area contributed by atoms with Gasteiger partial charge < -0.3 is 20.3 Å². The third kappa shape index (κ3) is 3.73. The number of anilines is 1. The Morgan fingerprint density at radius 3 is 2.38 bits per heavy atom. The van der Waals surface area contributed by atoms with Gasteiger partial charge >= 0.3 is 5.97 Å². The molecule has 0 aliphatic carbocycles. The summed E-state index contributed by atoms with van der Waals surface area (Å²) >= 11 is 0. The first-order valence-electron chi connectivity index (χ1n) is 6.43. The van der Waals surface area contributed by atoms with Crippen LogP contribution in [0.15, 0.2) is 42.5 Å². The zero-order chi connectivity index (χ0) is 15.2. The summed E-state index contributed by atoms with van der Waals surface area (Å²) in [5, 5.41) is 8.96. The third-order valence-electron chi connectivity index (χ3n) is 3.04. The van der Waals surface area contributed by atoms with E-state index in [1.54, 1.807) is 36.4 Å². The van der Waals surface area contributed by atoms with E-state index >= 15 is 0 Å². The Bertz CT molecular complexity index is 623. The van der Waals surface area contributed by atoms with Gasteiger partial charge in [0.05, 0.1) is 25.0 Å². The summed E-state index contributed by atoms with van der Waals surface area (Å²) < 4.78 is 10.3. The Morgan fingerprint density at radius 1 is 1.14 bits per heavy atom. The van der Waals surface area contributed by atoms with Crippen molar-refractivity contribution in [3.05, 3.63) is 59.2 Å². The molecule has 0 atom stereocenters. The Morgan fingerprint density at radius 2 is 1.81 bits per heavy atom. The van der Waals surface area contributed by atoms with Gasteiger partial charge in [-0.25, -0.2) is 4.79 Å². The van der Waals surface area contributed by atoms with Crippen LogP contribution in [0, 0.1) is 0 Å². The van der Waals surface area contributed by atoms with E-state index in [9.17, 15) is 4.79 Å². The monoisotopic (exact) mass is 287 g/mol. The molecular weight excluding hydrogens is 270 g/mol. The van der Waals surface area contributed by atoms with Gasteiger partial charge in [-0.15, -0.1) is 0 Å². The van der Waals surface area contributed by atoms with E-state index in [4.69, 9.17) is 20.3 Å². The van der Waals surface area contributed by atoms with Crippen LogP contribution in [-0.2, 0) is 18.0 Å². The maximum absolute atomic E-state index is 11.9. The second kappa shape index (κ2) is 6.76. The van der Waals surface area contributed by atoms with E-state index in [0.29, 0.717) is 17.0 Å². The van der Waals surface area contributed by atoms with Crippen LogP contribution in [-0.4, -0.2) is 18.2 Å². The second-order valence-corrected chi connectivity index (χ2v) is 4.51. The van der Waals surface area contributed by atoms with Crippen molar-refractivity contribution >= 4 is 11.7 Å².